The fourth-order valence-electron chi connectivity index (χ4n) is 2.22. The molecule has 0 fully saturated rings. The van der Waals surface area contributed by atoms with Crippen molar-refractivity contribution in [1.29, 1.82) is 0 Å². The minimum Gasteiger partial charge on any atom is -0.464 e. The van der Waals surface area contributed by atoms with E-state index in [0.717, 1.165) is 0 Å². The Balaban J connectivity index is 5.03. The summed E-state index contributed by atoms with van der Waals surface area (Å²) in [6.07, 6.45) is -10.5. The predicted octanol–water partition coefficient (Wildman–Crippen LogP) is 5.12. The molecule has 0 saturated heterocycles. The number of carbonyl (C=O) groups is 1. The van der Waals surface area contributed by atoms with Crippen molar-refractivity contribution in [2.24, 2.45) is 16.7 Å². The molecule has 0 bridgehead atoms. The Morgan fingerprint density at radius 1 is 0.955 bits per heavy atom. The van der Waals surface area contributed by atoms with Crippen molar-refractivity contribution in [1.82, 2.24) is 0 Å². The smallest absolute Gasteiger partial charge is 0.403 e. The lowest BCUT2D eigenvalue weighted by molar-refractivity contribution is -0.293. The van der Waals surface area contributed by atoms with Crippen LogP contribution in [0.4, 0.5) is 26.3 Å². The predicted molar refractivity (Wildman–Crippen MR) is 69.0 cm³/mol. The van der Waals surface area contributed by atoms with Crippen molar-refractivity contribution >= 4 is 5.97 Å². The van der Waals surface area contributed by atoms with Crippen LogP contribution in [0.25, 0.3) is 0 Å². The number of halogens is 6. The highest BCUT2D eigenvalue weighted by molar-refractivity contribution is 5.76. The maximum Gasteiger partial charge on any atom is 0.403 e. The van der Waals surface area contributed by atoms with Crippen LogP contribution in [0.1, 0.15) is 47.5 Å². The normalized spacial score (nSPS) is 16.5. The van der Waals surface area contributed by atoms with E-state index in [4.69, 9.17) is 0 Å². The van der Waals surface area contributed by atoms with E-state index in [0.29, 0.717) is 0 Å². The lowest BCUT2D eigenvalue weighted by atomic mass is 9.73. The van der Waals surface area contributed by atoms with Crippen molar-refractivity contribution in [3.63, 3.8) is 0 Å². The van der Waals surface area contributed by atoms with Gasteiger partial charge in [0.2, 0.25) is 0 Å². The molecule has 1 unspecified atom stereocenters. The lowest BCUT2D eigenvalue weighted by Gasteiger charge is -2.33. The third kappa shape index (κ3) is 6.44. The van der Waals surface area contributed by atoms with E-state index in [1.54, 1.807) is 6.92 Å². The van der Waals surface area contributed by atoms with Gasteiger partial charge in [0.1, 0.15) is 6.61 Å². The first-order valence-corrected chi connectivity index (χ1v) is 6.83. The fourth-order valence-corrected chi connectivity index (χ4v) is 2.22. The molecule has 0 aromatic rings. The number of rotatable bonds is 5. The summed E-state index contributed by atoms with van der Waals surface area (Å²) in [5.41, 5.74) is -1.45. The molecular weight excluding hydrogens is 314 g/mol. The Bertz CT molecular complexity index is 366. The number of esters is 1. The molecule has 0 aliphatic heterocycles. The van der Waals surface area contributed by atoms with Crippen molar-refractivity contribution in [3.05, 3.63) is 0 Å². The van der Waals surface area contributed by atoms with E-state index >= 15 is 0 Å². The Kier molecular flexibility index (Phi) is 6.37. The third-order valence-electron chi connectivity index (χ3n) is 3.36. The van der Waals surface area contributed by atoms with Gasteiger partial charge in [0.15, 0.2) is 5.92 Å². The van der Waals surface area contributed by atoms with Gasteiger partial charge >= 0.3 is 18.3 Å². The molecule has 0 aliphatic carbocycles. The first-order chi connectivity index (χ1) is 9.53. The zero-order valence-corrected chi connectivity index (χ0v) is 13.3. The standard InChI is InChI=1S/C14H22F6O2/c1-6-12(5,8-11(2,3)4)10(21)22-7-9(13(15,16)17)14(18,19)20/h9H,6-8H2,1-5H3. The van der Waals surface area contributed by atoms with Crippen LogP contribution in [0.15, 0.2) is 0 Å². The molecule has 0 aromatic heterocycles. The Morgan fingerprint density at radius 2 is 1.36 bits per heavy atom. The number of ether oxygens (including phenoxy) is 1. The van der Waals surface area contributed by atoms with Crippen LogP contribution in [-0.4, -0.2) is 24.9 Å². The second-order valence-electron chi connectivity index (χ2n) is 6.89. The molecule has 1 atom stereocenters. The van der Waals surface area contributed by atoms with Crippen LogP contribution in [0.5, 0.6) is 0 Å². The second-order valence-corrected chi connectivity index (χ2v) is 6.89. The van der Waals surface area contributed by atoms with Crippen LogP contribution in [-0.2, 0) is 9.53 Å². The lowest BCUT2D eigenvalue weighted by Crippen LogP contribution is -2.42. The van der Waals surface area contributed by atoms with E-state index in [1.807, 2.05) is 20.8 Å². The summed E-state index contributed by atoms with van der Waals surface area (Å²) in [7, 11) is 0. The highest BCUT2D eigenvalue weighted by Crippen LogP contribution is 2.41. The van der Waals surface area contributed by atoms with Crippen molar-refractivity contribution in [2.45, 2.75) is 59.8 Å². The molecule has 0 amide bonds. The highest BCUT2D eigenvalue weighted by atomic mass is 19.4. The molecule has 0 aromatic carbocycles. The molecule has 132 valence electrons. The van der Waals surface area contributed by atoms with Gasteiger partial charge in [0.05, 0.1) is 5.41 Å². The van der Waals surface area contributed by atoms with Crippen LogP contribution in [0, 0.1) is 16.7 Å². The zero-order chi connectivity index (χ0) is 18.0. The van der Waals surface area contributed by atoms with Crippen LogP contribution in [0.3, 0.4) is 0 Å². The van der Waals surface area contributed by atoms with Gasteiger partial charge < -0.3 is 4.74 Å². The zero-order valence-electron chi connectivity index (χ0n) is 13.3. The summed E-state index contributed by atoms with van der Waals surface area (Å²) in [5, 5.41) is 0. The average molecular weight is 336 g/mol. The van der Waals surface area contributed by atoms with E-state index in [1.165, 1.54) is 6.92 Å². The second kappa shape index (κ2) is 6.66. The topological polar surface area (TPSA) is 26.3 Å². The summed E-state index contributed by atoms with van der Waals surface area (Å²) in [4.78, 5) is 12.0. The first kappa shape index (κ1) is 21.0. The summed E-state index contributed by atoms with van der Waals surface area (Å²) < 4.78 is 78.8. The van der Waals surface area contributed by atoms with Crippen molar-refractivity contribution < 1.29 is 35.9 Å². The molecule has 0 radical (unpaired) electrons. The van der Waals surface area contributed by atoms with Crippen LogP contribution in [0.2, 0.25) is 0 Å². The summed E-state index contributed by atoms with van der Waals surface area (Å²) in [5.74, 6) is -4.71. The quantitative estimate of drug-likeness (QED) is 0.514. The van der Waals surface area contributed by atoms with Gasteiger partial charge in [0, 0.05) is 0 Å². The maximum absolute atomic E-state index is 12.4. The van der Waals surface area contributed by atoms with E-state index in [-0.39, 0.29) is 18.3 Å². The molecule has 22 heavy (non-hydrogen) atoms. The largest absolute Gasteiger partial charge is 0.464 e. The van der Waals surface area contributed by atoms with E-state index in [2.05, 4.69) is 4.74 Å². The number of hydrogen-bond acceptors (Lipinski definition) is 2. The molecule has 0 heterocycles. The van der Waals surface area contributed by atoms with Gasteiger partial charge in [-0.1, -0.05) is 27.7 Å². The first-order valence-electron chi connectivity index (χ1n) is 6.83. The van der Waals surface area contributed by atoms with E-state index in [9.17, 15) is 31.1 Å². The molecule has 0 rings (SSSR count). The summed E-state index contributed by atoms with van der Waals surface area (Å²) in [6, 6.07) is 0. The molecule has 0 saturated carbocycles. The molecular formula is C14H22F6O2. The van der Waals surface area contributed by atoms with Crippen molar-refractivity contribution in [2.75, 3.05) is 6.61 Å². The highest BCUT2D eigenvalue weighted by Gasteiger charge is 2.57. The molecule has 0 spiro atoms. The van der Waals surface area contributed by atoms with Crippen molar-refractivity contribution in [3.8, 4) is 0 Å². The number of hydrogen-bond donors (Lipinski definition) is 0. The minimum atomic E-state index is -5.51. The summed E-state index contributed by atoms with van der Waals surface area (Å²) in [6.45, 7) is 6.84. The Morgan fingerprint density at radius 3 is 1.64 bits per heavy atom. The van der Waals surface area contributed by atoms with Gasteiger partial charge in [-0.2, -0.15) is 26.3 Å². The monoisotopic (exact) mass is 336 g/mol. The van der Waals surface area contributed by atoms with Crippen LogP contribution < -0.4 is 0 Å². The Labute approximate surface area is 126 Å². The minimum absolute atomic E-state index is 0.256. The average Bonchev–Trinajstić information content (AvgIpc) is 2.22. The van der Waals surface area contributed by atoms with Gasteiger partial charge in [-0.3, -0.25) is 4.79 Å². The van der Waals surface area contributed by atoms with Gasteiger partial charge in [-0.05, 0) is 25.2 Å². The SMILES string of the molecule is CCC(C)(CC(C)(C)C)C(=O)OCC(C(F)(F)F)C(F)(F)F. The molecule has 8 heteroatoms. The number of carbonyl (C=O) groups excluding carboxylic acids is 1. The maximum atomic E-state index is 12.4. The van der Waals surface area contributed by atoms with Gasteiger partial charge in [-0.15, -0.1) is 0 Å². The third-order valence-corrected chi connectivity index (χ3v) is 3.36. The Hall–Kier alpha value is -0.950. The molecule has 0 aliphatic rings. The van der Waals surface area contributed by atoms with Crippen LogP contribution >= 0.6 is 0 Å². The van der Waals surface area contributed by atoms with E-state index < -0.39 is 36.3 Å². The van der Waals surface area contributed by atoms with Gasteiger partial charge in [0.25, 0.3) is 0 Å². The number of alkyl halides is 6. The molecule has 0 N–H and O–H groups in total. The fraction of sp³-hybridized carbons (Fsp3) is 0.929. The molecule has 2 nitrogen and oxygen atoms in total. The van der Waals surface area contributed by atoms with Gasteiger partial charge in [-0.25, -0.2) is 0 Å². The summed E-state index contributed by atoms with van der Waals surface area (Å²) >= 11 is 0.